The van der Waals surface area contributed by atoms with Crippen LogP contribution < -0.4 is 25.4 Å². The first-order chi connectivity index (χ1) is 29.4. The fraction of sp³-hybridized carbons (Fsp3) is 0.500. The van der Waals surface area contributed by atoms with Crippen molar-refractivity contribution in [2.75, 3.05) is 12.4 Å². The van der Waals surface area contributed by atoms with Gasteiger partial charge in [-0.2, -0.15) is 0 Å². The SMILES string of the molecule is COC(=O)[C@H]1O[C@@H](Oc2cc(COC(=O)Oc3ccc([N+](=O)[O-])cc3)ccc2NC(=O)C(C)NC(=O)C(NC(=O)OC(C)(C)C)C(C)C)[C@H](OC(C)=O)[C@@H](OC(C)=O)[C@@H]1OC(C)=O. The summed E-state index contributed by atoms with van der Waals surface area (Å²) in [6.45, 7) is 12.1. The largest absolute Gasteiger partial charge is 0.514 e. The molecule has 3 rings (SSSR count). The summed E-state index contributed by atoms with van der Waals surface area (Å²) in [5.74, 6) is -6.36. The number of hydrogen-bond donors (Lipinski definition) is 3. The maximum atomic E-state index is 13.7. The van der Waals surface area contributed by atoms with Crippen molar-refractivity contribution in [3.8, 4) is 11.5 Å². The van der Waals surface area contributed by atoms with Crippen LogP contribution in [0.5, 0.6) is 11.5 Å². The summed E-state index contributed by atoms with van der Waals surface area (Å²) >= 11 is 0. The Kier molecular flexibility index (Phi) is 17.7. The van der Waals surface area contributed by atoms with Gasteiger partial charge < -0.3 is 58.6 Å². The van der Waals surface area contributed by atoms with Crippen LogP contribution in [0.15, 0.2) is 42.5 Å². The van der Waals surface area contributed by atoms with E-state index in [1.54, 1.807) is 34.6 Å². The van der Waals surface area contributed by atoms with Crippen molar-refractivity contribution in [3.63, 3.8) is 0 Å². The van der Waals surface area contributed by atoms with Crippen molar-refractivity contribution in [2.45, 2.75) is 117 Å². The first-order valence-electron chi connectivity index (χ1n) is 19.1. The number of methoxy groups -OCH3 is 1. The zero-order valence-electron chi connectivity index (χ0n) is 36.1. The molecule has 1 aliphatic heterocycles. The van der Waals surface area contributed by atoms with E-state index in [0.717, 1.165) is 40.0 Å². The lowest BCUT2D eigenvalue weighted by molar-refractivity contribution is -0.384. The molecule has 1 aliphatic rings. The van der Waals surface area contributed by atoms with Gasteiger partial charge in [-0.3, -0.25) is 34.1 Å². The van der Waals surface area contributed by atoms with Crippen molar-refractivity contribution in [3.05, 3.63) is 58.1 Å². The number of alkyl carbamates (subject to hydrolysis) is 1. The molecule has 0 radical (unpaired) electrons. The number of esters is 4. The lowest BCUT2D eigenvalue weighted by Gasteiger charge is -2.43. The van der Waals surface area contributed by atoms with Gasteiger partial charge in [0.25, 0.3) is 5.69 Å². The summed E-state index contributed by atoms with van der Waals surface area (Å²) in [4.78, 5) is 112. The number of hydrogen-bond acceptors (Lipinski definition) is 19. The van der Waals surface area contributed by atoms with Crippen LogP contribution in [-0.4, -0.2) is 108 Å². The second-order valence-electron chi connectivity index (χ2n) is 15.1. The highest BCUT2D eigenvalue weighted by Crippen LogP contribution is 2.35. The topological polar surface area (TPSA) is 299 Å². The van der Waals surface area contributed by atoms with Gasteiger partial charge in [-0.1, -0.05) is 19.9 Å². The summed E-state index contributed by atoms with van der Waals surface area (Å²) in [6, 6.07) is 6.07. The molecule has 2 aromatic rings. The fourth-order valence-electron chi connectivity index (χ4n) is 5.64. The van der Waals surface area contributed by atoms with Gasteiger partial charge in [-0.05, 0) is 63.4 Å². The van der Waals surface area contributed by atoms with Gasteiger partial charge in [0.15, 0.2) is 18.3 Å². The van der Waals surface area contributed by atoms with Gasteiger partial charge in [-0.25, -0.2) is 14.4 Å². The maximum Gasteiger partial charge on any atom is 0.514 e. The quantitative estimate of drug-likeness (QED) is 0.0715. The van der Waals surface area contributed by atoms with Gasteiger partial charge in [0, 0.05) is 32.9 Å². The van der Waals surface area contributed by atoms with E-state index in [-0.39, 0.29) is 28.4 Å². The number of nitrogens with one attached hydrogen (secondary N) is 3. The van der Waals surface area contributed by atoms with E-state index in [9.17, 15) is 48.5 Å². The van der Waals surface area contributed by atoms with Gasteiger partial charge >= 0.3 is 36.1 Å². The van der Waals surface area contributed by atoms with Crippen molar-refractivity contribution in [1.82, 2.24) is 10.6 Å². The first kappa shape index (κ1) is 50.3. The number of anilines is 1. The Morgan fingerprint density at radius 1 is 0.810 bits per heavy atom. The van der Waals surface area contributed by atoms with Gasteiger partial charge in [0.2, 0.25) is 24.2 Å². The summed E-state index contributed by atoms with van der Waals surface area (Å²) in [5.41, 5.74) is -1.09. The minimum Gasteiger partial charge on any atom is -0.467 e. The monoisotopic (exact) mass is 890 g/mol. The molecule has 0 aliphatic carbocycles. The molecule has 2 unspecified atom stereocenters. The number of non-ortho nitro benzene ring substituents is 1. The van der Waals surface area contributed by atoms with Gasteiger partial charge in [0.05, 0.1) is 17.7 Å². The van der Waals surface area contributed by atoms with E-state index < -0.39 is 114 Å². The number of amides is 3. The standard InChI is InChI=1S/C40H50N4O19/c1-19(2)29(43-38(51)63-40(7,8)9)35(49)41-20(3)34(48)42-27-16-11-24(18-56-39(52)60-26-14-12-25(13-15-26)44(53)54)17-28(27)61-37-33(59-23(6)47)31(58-22(5)46)30(57-21(4)45)32(62-37)36(50)55-10/h11-17,19-20,29-33,37H,18H2,1-10H3,(H,41,49)(H,42,48)(H,43,51)/t20?,29?,30-,31-,32-,33+,37+/m0/s1. The van der Waals surface area contributed by atoms with E-state index in [4.69, 9.17) is 42.6 Å². The van der Waals surface area contributed by atoms with Crippen LogP contribution in [0.3, 0.4) is 0 Å². The molecule has 2 aromatic carbocycles. The Morgan fingerprint density at radius 2 is 1.40 bits per heavy atom. The molecule has 7 atom stereocenters. The number of ether oxygens (including phenoxy) is 9. The van der Waals surface area contributed by atoms with E-state index in [1.807, 2.05) is 0 Å². The first-order valence-corrected chi connectivity index (χ1v) is 19.1. The van der Waals surface area contributed by atoms with Crippen molar-refractivity contribution < 1.29 is 85.9 Å². The summed E-state index contributed by atoms with van der Waals surface area (Å²) in [5, 5.41) is 18.6. The molecular formula is C40H50N4O19. The average Bonchev–Trinajstić information content (AvgIpc) is 3.17. The van der Waals surface area contributed by atoms with Crippen LogP contribution in [-0.2, 0) is 68.5 Å². The highest BCUT2D eigenvalue weighted by atomic mass is 16.7. The smallest absolute Gasteiger partial charge is 0.467 e. The fourth-order valence-corrected chi connectivity index (χ4v) is 5.64. The second kappa shape index (κ2) is 22.2. The number of carbonyl (C=O) groups is 8. The Morgan fingerprint density at radius 3 is 1.94 bits per heavy atom. The third kappa shape index (κ3) is 15.4. The summed E-state index contributed by atoms with van der Waals surface area (Å²) in [6.07, 6.45) is -11.1. The highest BCUT2D eigenvalue weighted by Gasteiger charge is 2.56. The molecule has 3 amide bonds. The minimum atomic E-state index is -1.89. The van der Waals surface area contributed by atoms with Crippen molar-refractivity contribution >= 4 is 59.3 Å². The third-order valence-corrected chi connectivity index (χ3v) is 8.36. The molecule has 344 valence electrons. The van der Waals surface area contributed by atoms with Gasteiger partial charge in [0.1, 0.15) is 35.8 Å². The lowest BCUT2D eigenvalue weighted by Crippen LogP contribution is -2.64. The van der Waals surface area contributed by atoms with E-state index in [0.29, 0.717) is 0 Å². The maximum absolute atomic E-state index is 13.7. The van der Waals surface area contributed by atoms with E-state index in [2.05, 4.69) is 16.0 Å². The Bertz CT molecular complexity index is 2030. The lowest BCUT2D eigenvalue weighted by atomic mass is 9.97. The van der Waals surface area contributed by atoms with Crippen LogP contribution in [0.4, 0.5) is 21.0 Å². The molecule has 0 bridgehead atoms. The van der Waals surface area contributed by atoms with E-state index >= 15 is 0 Å². The van der Waals surface area contributed by atoms with Gasteiger partial charge in [-0.15, -0.1) is 0 Å². The van der Waals surface area contributed by atoms with Crippen LogP contribution >= 0.6 is 0 Å². The number of nitro benzene ring substituents is 1. The molecule has 1 fully saturated rings. The normalized spacial score (nSPS) is 19.1. The number of nitro groups is 1. The molecular weight excluding hydrogens is 840 g/mol. The third-order valence-electron chi connectivity index (χ3n) is 8.36. The Hall–Kier alpha value is -7.04. The zero-order valence-corrected chi connectivity index (χ0v) is 36.1. The van der Waals surface area contributed by atoms with Crippen LogP contribution in [0.25, 0.3) is 0 Å². The van der Waals surface area contributed by atoms with Crippen LogP contribution in [0.1, 0.15) is 67.9 Å². The molecule has 0 saturated carbocycles. The molecule has 3 N–H and O–H groups in total. The predicted octanol–water partition coefficient (Wildman–Crippen LogP) is 3.37. The molecule has 0 spiro atoms. The van der Waals surface area contributed by atoms with Crippen molar-refractivity contribution in [2.24, 2.45) is 5.92 Å². The minimum absolute atomic E-state index is 0.0743. The highest BCUT2D eigenvalue weighted by molar-refractivity contribution is 5.99. The average molecular weight is 891 g/mol. The second-order valence-corrected chi connectivity index (χ2v) is 15.1. The summed E-state index contributed by atoms with van der Waals surface area (Å²) < 4.78 is 48.6. The molecule has 1 saturated heterocycles. The van der Waals surface area contributed by atoms with Crippen LogP contribution in [0, 0.1) is 16.0 Å². The van der Waals surface area contributed by atoms with Crippen molar-refractivity contribution in [1.29, 1.82) is 0 Å². The number of nitrogens with zero attached hydrogens (tertiary/aromatic N) is 1. The molecule has 1 heterocycles. The molecule has 23 heteroatoms. The Balaban J connectivity index is 2.01. The predicted molar refractivity (Wildman–Crippen MR) is 213 cm³/mol. The van der Waals surface area contributed by atoms with Crippen LogP contribution in [0.2, 0.25) is 0 Å². The molecule has 0 aromatic heterocycles. The molecule has 23 nitrogen and oxygen atoms in total. The number of rotatable bonds is 16. The van der Waals surface area contributed by atoms with E-state index in [1.165, 1.54) is 37.3 Å². The zero-order chi connectivity index (χ0) is 47.3. The number of carbonyl (C=O) groups excluding carboxylic acids is 8. The Labute approximate surface area is 360 Å². The summed E-state index contributed by atoms with van der Waals surface area (Å²) in [7, 11) is 0.992. The number of benzene rings is 2. The molecule has 63 heavy (non-hydrogen) atoms.